The maximum absolute atomic E-state index is 12.3. The number of nitrogens with zero attached hydrogens (tertiary/aromatic N) is 1. The number of halogens is 1. The van der Waals surface area contributed by atoms with Gasteiger partial charge in [0.25, 0.3) is 0 Å². The van der Waals surface area contributed by atoms with Crippen LogP contribution in [0.4, 0.5) is 10.8 Å². The van der Waals surface area contributed by atoms with E-state index in [0.717, 1.165) is 35.0 Å². The van der Waals surface area contributed by atoms with Crippen LogP contribution in [-0.2, 0) is 17.6 Å². The van der Waals surface area contributed by atoms with Gasteiger partial charge in [-0.2, -0.15) is 0 Å². The van der Waals surface area contributed by atoms with Crippen LogP contribution in [0, 0.1) is 0 Å². The lowest BCUT2D eigenvalue weighted by molar-refractivity contribution is -0.115. The predicted molar refractivity (Wildman–Crippen MR) is 128 cm³/mol. The molecule has 1 amide bonds. The molecule has 31 heavy (non-hydrogen) atoms. The maximum Gasteiger partial charge on any atom is 0.230 e. The number of nitrogen functional groups attached to an aromatic ring is 1. The fourth-order valence-electron chi connectivity index (χ4n) is 3.98. The molecule has 4 rings (SSSR count). The third kappa shape index (κ3) is 5.71. The van der Waals surface area contributed by atoms with E-state index in [0.29, 0.717) is 16.9 Å². The van der Waals surface area contributed by atoms with Crippen molar-refractivity contribution in [2.45, 2.75) is 43.9 Å². The summed E-state index contributed by atoms with van der Waals surface area (Å²) in [5.41, 5.74) is 9.14. The number of nitrogens with one attached hydrogen (secondary N) is 2. The minimum atomic E-state index is -0.497. The Hall–Kier alpha value is -2.26. The molecule has 6 nitrogen and oxygen atoms in total. The number of thiazole rings is 1. The van der Waals surface area contributed by atoms with Crippen molar-refractivity contribution in [2.24, 2.45) is 0 Å². The van der Waals surface area contributed by atoms with Crippen LogP contribution in [0.15, 0.2) is 58.4 Å². The van der Waals surface area contributed by atoms with Crippen LogP contribution in [0.2, 0.25) is 0 Å². The average molecular weight is 501 g/mol. The first-order valence-corrected chi connectivity index (χ1v) is 11.9. The summed E-state index contributed by atoms with van der Waals surface area (Å²) in [4.78, 5) is 16.4. The zero-order valence-corrected chi connectivity index (χ0v) is 19.3. The van der Waals surface area contributed by atoms with Gasteiger partial charge in [-0.15, -0.1) is 11.3 Å². The number of carbonyl (C=O) groups is 1. The molecule has 162 valence electrons. The van der Waals surface area contributed by atoms with E-state index >= 15 is 0 Å². The summed E-state index contributed by atoms with van der Waals surface area (Å²) in [5, 5.41) is 19.4. The van der Waals surface area contributed by atoms with Gasteiger partial charge in [-0.25, -0.2) is 4.98 Å². The average Bonchev–Trinajstić information content (AvgIpc) is 3.39. The van der Waals surface area contributed by atoms with E-state index in [9.17, 15) is 9.90 Å². The molecule has 2 heterocycles. The Labute approximate surface area is 194 Å². The third-order valence-electron chi connectivity index (χ3n) is 5.50. The molecule has 1 aliphatic heterocycles. The SMILES string of the molecule is Nc1nc(CC(=O)Nc2ccc(C[C@@H]3CC[C@H](C(O)c4ccccc4)N3)cc2Br)cs1. The van der Waals surface area contributed by atoms with E-state index in [1.54, 1.807) is 5.38 Å². The van der Waals surface area contributed by atoms with Crippen LogP contribution in [-0.4, -0.2) is 28.1 Å². The van der Waals surface area contributed by atoms with Crippen molar-refractivity contribution in [3.05, 3.63) is 75.2 Å². The van der Waals surface area contributed by atoms with Crippen LogP contribution in [0.1, 0.15) is 35.8 Å². The number of aliphatic hydroxyl groups is 1. The van der Waals surface area contributed by atoms with Crippen molar-refractivity contribution >= 4 is 44.0 Å². The Kier molecular flexibility index (Phi) is 7.02. The highest BCUT2D eigenvalue weighted by molar-refractivity contribution is 9.10. The largest absolute Gasteiger partial charge is 0.387 e. The third-order valence-corrected chi connectivity index (χ3v) is 6.88. The van der Waals surface area contributed by atoms with Crippen molar-refractivity contribution < 1.29 is 9.90 Å². The van der Waals surface area contributed by atoms with Gasteiger partial charge in [0.1, 0.15) is 0 Å². The molecule has 1 saturated heterocycles. The van der Waals surface area contributed by atoms with E-state index in [1.165, 1.54) is 16.9 Å². The molecule has 2 aromatic carbocycles. The second-order valence-electron chi connectivity index (χ2n) is 7.82. The highest BCUT2D eigenvalue weighted by Gasteiger charge is 2.29. The smallest absolute Gasteiger partial charge is 0.230 e. The number of hydrogen-bond donors (Lipinski definition) is 4. The summed E-state index contributed by atoms with van der Waals surface area (Å²) in [6, 6.07) is 16.2. The molecule has 3 atom stereocenters. The van der Waals surface area contributed by atoms with Gasteiger partial charge in [0.15, 0.2) is 5.13 Å². The Morgan fingerprint density at radius 2 is 2.10 bits per heavy atom. The zero-order valence-electron chi connectivity index (χ0n) is 16.9. The van der Waals surface area contributed by atoms with Crippen LogP contribution in [0.3, 0.4) is 0 Å². The summed E-state index contributed by atoms with van der Waals surface area (Å²) in [6.45, 7) is 0. The molecule has 0 saturated carbocycles. The number of rotatable bonds is 7. The van der Waals surface area contributed by atoms with Gasteiger partial charge in [0.2, 0.25) is 5.91 Å². The van der Waals surface area contributed by atoms with E-state index in [-0.39, 0.29) is 18.4 Å². The molecule has 1 aliphatic rings. The number of hydrogen-bond acceptors (Lipinski definition) is 6. The first kappa shape index (κ1) is 22.0. The minimum Gasteiger partial charge on any atom is -0.387 e. The fourth-order valence-corrected chi connectivity index (χ4v) is 5.06. The highest BCUT2D eigenvalue weighted by Crippen LogP contribution is 2.29. The number of anilines is 2. The Bertz CT molecular complexity index is 1040. The Balaban J connectivity index is 1.31. The number of benzene rings is 2. The number of aliphatic hydroxyl groups excluding tert-OH is 1. The second kappa shape index (κ2) is 9.91. The monoisotopic (exact) mass is 500 g/mol. The van der Waals surface area contributed by atoms with Gasteiger partial charge in [0, 0.05) is 21.9 Å². The van der Waals surface area contributed by atoms with E-state index in [1.807, 2.05) is 48.5 Å². The van der Waals surface area contributed by atoms with Gasteiger partial charge >= 0.3 is 0 Å². The maximum atomic E-state index is 12.3. The van der Waals surface area contributed by atoms with Crippen molar-refractivity contribution in [1.29, 1.82) is 0 Å². The standard InChI is InChI=1S/C23H25BrN4O2S/c24-18-11-14(6-8-19(18)28-21(29)12-17-13-31-23(25)27-17)10-16-7-9-20(26-16)22(30)15-4-2-1-3-5-15/h1-6,8,11,13,16,20,22,26,30H,7,9-10,12H2,(H2,25,27)(H,28,29)/t16-,20+,22?/m0/s1. The molecule has 0 aliphatic carbocycles. The second-order valence-corrected chi connectivity index (χ2v) is 9.57. The van der Waals surface area contributed by atoms with Gasteiger partial charge in [-0.1, -0.05) is 36.4 Å². The molecule has 0 spiro atoms. The molecule has 5 N–H and O–H groups in total. The number of amides is 1. The Morgan fingerprint density at radius 1 is 1.29 bits per heavy atom. The van der Waals surface area contributed by atoms with Crippen LogP contribution >= 0.6 is 27.3 Å². The lowest BCUT2D eigenvalue weighted by Gasteiger charge is -2.20. The van der Waals surface area contributed by atoms with E-state index < -0.39 is 6.10 Å². The lowest BCUT2D eigenvalue weighted by Crippen LogP contribution is -2.35. The first-order chi connectivity index (χ1) is 15.0. The van der Waals surface area contributed by atoms with Gasteiger partial charge in [0.05, 0.1) is 23.9 Å². The van der Waals surface area contributed by atoms with Crippen molar-refractivity contribution in [1.82, 2.24) is 10.3 Å². The molecule has 0 bridgehead atoms. The number of aromatic nitrogens is 1. The van der Waals surface area contributed by atoms with Crippen LogP contribution in [0.5, 0.6) is 0 Å². The first-order valence-electron chi connectivity index (χ1n) is 10.2. The zero-order chi connectivity index (χ0) is 21.8. The molecular formula is C23H25BrN4O2S. The quantitative estimate of drug-likeness (QED) is 0.391. The van der Waals surface area contributed by atoms with E-state index in [2.05, 4.69) is 31.5 Å². The molecule has 0 radical (unpaired) electrons. The minimum absolute atomic E-state index is 0.0640. The van der Waals surface area contributed by atoms with Crippen LogP contribution in [0.25, 0.3) is 0 Å². The van der Waals surface area contributed by atoms with Crippen molar-refractivity contribution in [2.75, 3.05) is 11.1 Å². The van der Waals surface area contributed by atoms with Gasteiger partial charge < -0.3 is 21.5 Å². The van der Waals surface area contributed by atoms with Gasteiger partial charge in [-0.05, 0) is 58.5 Å². The summed E-state index contributed by atoms with van der Waals surface area (Å²) >= 11 is 4.90. The van der Waals surface area contributed by atoms with E-state index in [4.69, 9.17) is 5.73 Å². The lowest BCUT2D eigenvalue weighted by atomic mass is 10.0. The molecule has 1 unspecified atom stereocenters. The summed E-state index contributed by atoms with van der Waals surface area (Å²) in [5.74, 6) is -0.131. The molecule has 3 aromatic rings. The topological polar surface area (TPSA) is 100 Å². The number of nitrogens with two attached hydrogens (primary N) is 1. The highest BCUT2D eigenvalue weighted by atomic mass is 79.9. The van der Waals surface area contributed by atoms with Crippen LogP contribution < -0.4 is 16.4 Å². The predicted octanol–water partition coefficient (Wildman–Crippen LogP) is 4.07. The Morgan fingerprint density at radius 3 is 2.81 bits per heavy atom. The van der Waals surface area contributed by atoms with Crippen molar-refractivity contribution in [3.8, 4) is 0 Å². The molecule has 1 aromatic heterocycles. The number of carbonyl (C=O) groups excluding carboxylic acids is 1. The fraction of sp³-hybridized carbons (Fsp3) is 0.304. The summed E-state index contributed by atoms with van der Waals surface area (Å²) in [6.07, 6.45) is 2.52. The van der Waals surface area contributed by atoms with Crippen molar-refractivity contribution in [3.63, 3.8) is 0 Å². The molecule has 1 fully saturated rings. The molecular weight excluding hydrogens is 476 g/mol. The normalized spacial score (nSPS) is 19.3. The summed E-state index contributed by atoms with van der Waals surface area (Å²) < 4.78 is 0.843. The van der Waals surface area contributed by atoms with Gasteiger partial charge in [-0.3, -0.25) is 4.79 Å². The summed E-state index contributed by atoms with van der Waals surface area (Å²) in [7, 11) is 0. The molecule has 8 heteroatoms.